The lowest BCUT2D eigenvalue weighted by atomic mass is 9.78. The first-order chi connectivity index (χ1) is 10.2. The van der Waals surface area contributed by atoms with Gasteiger partial charge in [0.05, 0.1) is 6.61 Å². The molecule has 0 unspecified atom stereocenters. The lowest BCUT2D eigenvalue weighted by Crippen LogP contribution is -2.44. The molecule has 122 valence electrons. The highest BCUT2D eigenvalue weighted by Gasteiger charge is 2.38. The Balaban J connectivity index is 0.00000176. The second kappa shape index (κ2) is 7.34. The van der Waals surface area contributed by atoms with Gasteiger partial charge >= 0.3 is 0 Å². The second-order valence-corrected chi connectivity index (χ2v) is 6.18. The quantitative estimate of drug-likeness (QED) is 0.929. The number of carbonyl (C=O) groups is 1. The summed E-state index contributed by atoms with van der Waals surface area (Å²) in [5, 5.41) is 3.46. The van der Waals surface area contributed by atoms with Crippen LogP contribution in [0.2, 0.25) is 0 Å². The highest BCUT2D eigenvalue weighted by Crippen LogP contribution is 2.37. The molecule has 1 amide bonds. The molecule has 1 aromatic rings. The molecule has 2 fully saturated rings. The van der Waals surface area contributed by atoms with Gasteiger partial charge in [-0.2, -0.15) is 0 Å². The van der Waals surface area contributed by atoms with Gasteiger partial charge in [0.15, 0.2) is 0 Å². The van der Waals surface area contributed by atoms with Crippen molar-refractivity contribution in [2.24, 2.45) is 5.41 Å². The molecular formula is C17H25ClN2O2. The van der Waals surface area contributed by atoms with Gasteiger partial charge in [-0.05, 0) is 56.3 Å². The van der Waals surface area contributed by atoms with Crippen LogP contribution in [0.25, 0.3) is 0 Å². The number of rotatable bonds is 3. The van der Waals surface area contributed by atoms with Gasteiger partial charge in [0.1, 0.15) is 5.75 Å². The van der Waals surface area contributed by atoms with E-state index in [1.807, 2.05) is 36.1 Å². The molecule has 1 spiro atoms. The van der Waals surface area contributed by atoms with Crippen LogP contribution in [0, 0.1) is 5.41 Å². The van der Waals surface area contributed by atoms with Gasteiger partial charge in [0.2, 0.25) is 0 Å². The Bertz CT molecular complexity index is 505. The van der Waals surface area contributed by atoms with Gasteiger partial charge in [-0.15, -0.1) is 12.4 Å². The minimum Gasteiger partial charge on any atom is -0.494 e. The molecule has 0 bridgehead atoms. The van der Waals surface area contributed by atoms with Crippen LogP contribution in [-0.4, -0.2) is 43.6 Å². The van der Waals surface area contributed by atoms with Crippen molar-refractivity contribution in [1.29, 1.82) is 0 Å². The topological polar surface area (TPSA) is 41.6 Å². The van der Waals surface area contributed by atoms with Gasteiger partial charge in [-0.1, -0.05) is 6.07 Å². The summed E-state index contributed by atoms with van der Waals surface area (Å²) in [5.41, 5.74) is 1.19. The lowest BCUT2D eigenvalue weighted by molar-refractivity contribution is 0.0607. The highest BCUT2D eigenvalue weighted by atomic mass is 35.5. The van der Waals surface area contributed by atoms with E-state index in [0.29, 0.717) is 12.0 Å². The Kier molecular flexibility index (Phi) is 5.70. The standard InChI is InChI=1S/C17H24N2O2.ClH/c1-2-21-15-5-3-4-14(12-15)16(20)19-10-7-17(8-11-19)6-9-18-13-17;/h3-5,12,18H,2,6-11,13H2,1H3;1H. The molecule has 2 heterocycles. The zero-order valence-electron chi connectivity index (χ0n) is 13.1. The summed E-state index contributed by atoms with van der Waals surface area (Å²) in [6, 6.07) is 7.53. The number of ether oxygens (including phenoxy) is 1. The number of amides is 1. The van der Waals surface area contributed by atoms with E-state index < -0.39 is 0 Å². The third kappa shape index (κ3) is 3.55. The monoisotopic (exact) mass is 324 g/mol. The summed E-state index contributed by atoms with van der Waals surface area (Å²) < 4.78 is 5.48. The Morgan fingerprint density at radius 1 is 1.32 bits per heavy atom. The number of nitrogens with zero attached hydrogens (tertiary/aromatic N) is 1. The number of benzene rings is 1. The summed E-state index contributed by atoms with van der Waals surface area (Å²) in [7, 11) is 0. The number of nitrogens with one attached hydrogen (secondary N) is 1. The summed E-state index contributed by atoms with van der Waals surface area (Å²) in [5.74, 6) is 0.911. The predicted octanol–water partition coefficient (Wildman–Crippen LogP) is 2.72. The van der Waals surface area contributed by atoms with E-state index in [-0.39, 0.29) is 18.3 Å². The van der Waals surface area contributed by atoms with Crippen molar-refractivity contribution in [3.8, 4) is 5.75 Å². The number of halogens is 1. The minimum atomic E-state index is 0. The predicted molar refractivity (Wildman–Crippen MR) is 89.9 cm³/mol. The Morgan fingerprint density at radius 3 is 2.73 bits per heavy atom. The lowest BCUT2D eigenvalue weighted by Gasteiger charge is -2.38. The number of carbonyl (C=O) groups excluding carboxylic acids is 1. The third-order valence-electron chi connectivity index (χ3n) is 4.84. The maximum Gasteiger partial charge on any atom is 0.253 e. The molecular weight excluding hydrogens is 300 g/mol. The van der Waals surface area contributed by atoms with Gasteiger partial charge < -0.3 is 15.0 Å². The number of hydrogen-bond donors (Lipinski definition) is 1. The SMILES string of the molecule is CCOc1cccc(C(=O)N2CCC3(CCNC3)CC2)c1.Cl. The van der Waals surface area contributed by atoms with E-state index in [2.05, 4.69) is 5.32 Å². The summed E-state index contributed by atoms with van der Waals surface area (Å²) in [6.45, 7) is 6.57. The van der Waals surface area contributed by atoms with Crippen molar-refractivity contribution in [1.82, 2.24) is 10.2 Å². The highest BCUT2D eigenvalue weighted by molar-refractivity contribution is 5.94. The molecule has 0 radical (unpaired) electrons. The van der Waals surface area contributed by atoms with Crippen LogP contribution in [0.5, 0.6) is 5.75 Å². The maximum atomic E-state index is 12.6. The van der Waals surface area contributed by atoms with Crippen molar-refractivity contribution in [2.75, 3.05) is 32.8 Å². The molecule has 0 aromatic heterocycles. The van der Waals surface area contributed by atoms with Crippen LogP contribution in [0.4, 0.5) is 0 Å². The number of hydrogen-bond acceptors (Lipinski definition) is 3. The molecule has 0 aliphatic carbocycles. The molecule has 0 atom stereocenters. The number of likely N-dealkylation sites (tertiary alicyclic amines) is 1. The first kappa shape index (κ1) is 17.1. The smallest absolute Gasteiger partial charge is 0.253 e. The van der Waals surface area contributed by atoms with Crippen molar-refractivity contribution in [2.45, 2.75) is 26.2 Å². The van der Waals surface area contributed by atoms with Gasteiger partial charge in [0.25, 0.3) is 5.91 Å². The van der Waals surface area contributed by atoms with Crippen molar-refractivity contribution in [3.05, 3.63) is 29.8 Å². The molecule has 0 saturated carbocycles. The van der Waals surface area contributed by atoms with Gasteiger partial charge in [-0.25, -0.2) is 0 Å². The molecule has 2 saturated heterocycles. The van der Waals surface area contributed by atoms with Gasteiger partial charge in [-0.3, -0.25) is 4.79 Å². The van der Waals surface area contributed by atoms with E-state index in [1.54, 1.807) is 0 Å². The first-order valence-corrected chi connectivity index (χ1v) is 7.95. The average molecular weight is 325 g/mol. The van der Waals surface area contributed by atoms with E-state index in [1.165, 1.54) is 6.42 Å². The molecule has 2 aliphatic heterocycles. The molecule has 2 aliphatic rings. The molecule has 4 nitrogen and oxygen atoms in total. The summed E-state index contributed by atoms with van der Waals surface area (Å²) >= 11 is 0. The van der Waals surface area contributed by atoms with E-state index >= 15 is 0 Å². The maximum absolute atomic E-state index is 12.6. The zero-order valence-corrected chi connectivity index (χ0v) is 14.0. The zero-order chi connectivity index (χ0) is 14.7. The van der Waals surface area contributed by atoms with Crippen LogP contribution in [0.3, 0.4) is 0 Å². The number of piperidine rings is 1. The average Bonchev–Trinajstić information content (AvgIpc) is 2.96. The van der Waals surface area contributed by atoms with Gasteiger partial charge in [0, 0.05) is 25.2 Å². The fourth-order valence-corrected chi connectivity index (χ4v) is 3.47. The minimum absolute atomic E-state index is 0. The normalized spacial score (nSPS) is 19.8. The molecule has 22 heavy (non-hydrogen) atoms. The second-order valence-electron chi connectivity index (χ2n) is 6.18. The van der Waals surface area contributed by atoms with Crippen LogP contribution in [0.1, 0.15) is 36.5 Å². The summed E-state index contributed by atoms with van der Waals surface area (Å²) in [4.78, 5) is 14.6. The van der Waals surface area contributed by atoms with Crippen LogP contribution in [0.15, 0.2) is 24.3 Å². The summed E-state index contributed by atoms with van der Waals surface area (Å²) in [6.07, 6.45) is 3.50. The van der Waals surface area contributed by atoms with Crippen molar-refractivity contribution in [3.63, 3.8) is 0 Å². The van der Waals surface area contributed by atoms with E-state index in [4.69, 9.17) is 4.74 Å². The van der Waals surface area contributed by atoms with E-state index in [0.717, 1.165) is 50.3 Å². The van der Waals surface area contributed by atoms with E-state index in [9.17, 15) is 4.79 Å². The largest absolute Gasteiger partial charge is 0.494 e. The van der Waals surface area contributed by atoms with Crippen molar-refractivity contribution >= 4 is 18.3 Å². The fourth-order valence-electron chi connectivity index (χ4n) is 3.47. The molecule has 1 N–H and O–H groups in total. The Morgan fingerprint density at radius 2 is 2.09 bits per heavy atom. The molecule has 3 rings (SSSR count). The molecule has 5 heteroatoms. The van der Waals surface area contributed by atoms with Crippen molar-refractivity contribution < 1.29 is 9.53 Å². The molecule has 1 aromatic carbocycles. The third-order valence-corrected chi connectivity index (χ3v) is 4.84. The fraction of sp³-hybridized carbons (Fsp3) is 0.588. The van der Waals surface area contributed by atoms with Crippen LogP contribution >= 0.6 is 12.4 Å². The van der Waals surface area contributed by atoms with Crippen LogP contribution < -0.4 is 10.1 Å². The Labute approximate surface area is 138 Å². The Hall–Kier alpha value is -1.26. The first-order valence-electron chi connectivity index (χ1n) is 7.95. The van der Waals surface area contributed by atoms with Crippen LogP contribution in [-0.2, 0) is 0 Å².